The fraction of sp³-hybridized carbons (Fsp3) is 0. The van der Waals surface area contributed by atoms with Gasteiger partial charge in [0.15, 0.2) is 5.13 Å². The van der Waals surface area contributed by atoms with Gasteiger partial charge in [-0.05, 0) is 23.5 Å². The minimum Gasteiger partial charge on any atom is -0.507 e. The lowest BCUT2D eigenvalue weighted by Crippen LogP contribution is -2.11. The summed E-state index contributed by atoms with van der Waals surface area (Å²) in [6.45, 7) is 0. The van der Waals surface area contributed by atoms with Gasteiger partial charge in [0, 0.05) is 0 Å². The van der Waals surface area contributed by atoms with E-state index < -0.39 is 10.8 Å². The van der Waals surface area contributed by atoms with Crippen molar-refractivity contribution in [2.24, 2.45) is 0 Å². The van der Waals surface area contributed by atoms with Crippen LogP contribution in [0.15, 0.2) is 30.5 Å². The van der Waals surface area contributed by atoms with Gasteiger partial charge < -0.3 is 5.11 Å². The summed E-state index contributed by atoms with van der Waals surface area (Å²) in [6.07, 6.45) is 1.06. The van der Waals surface area contributed by atoms with Crippen LogP contribution in [-0.2, 0) is 0 Å². The number of hydrogen-bond donors (Lipinski definition) is 2. The first kappa shape index (κ1) is 12.0. The Hall–Kier alpha value is -2.48. The summed E-state index contributed by atoms with van der Waals surface area (Å²) in [5.74, 6) is -0.738. The topological polar surface area (TPSA) is 105 Å². The van der Waals surface area contributed by atoms with Crippen LogP contribution >= 0.6 is 11.3 Å². The number of nitro groups is 1. The zero-order chi connectivity index (χ0) is 13.1. The van der Waals surface area contributed by atoms with Gasteiger partial charge in [-0.15, -0.1) is 0 Å². The second-order valence-electron chi connectivity index (χ2n) is 3.23. The van der Waals surface area contributed by atoms with Crippen LogP contribution in [0.25, 0.3) is 0 Å². The van der Waals surface area contributed by atoms with E-state index >= 15 is 0 Å². The molecule has 1 amide bonds. The molecule has 2 N–H and O–H groups in total. The smallest absolute Gasteiger partial charge is 0.345 e. The first-order valence-corrected chi connectivity index (χ1v) is 5.59. The van der Waals surface area contributed by atoms with Crippen molar-refractivity contribution < 1.29 is 14.8 Å². The maximum absolute atomic E-state index is 11.7. The van der Waals surface area contributed by atoms with Crippen molar-refractivity contribution in [3.05, 3.63) is 46.1 Å². The summed E-state index contributed by atoms with van der Waals surface area (Å²) in [4.78, 5) is 25.3. The number of phenols is 1. The molecule has 0 spiro atoms. The van der Waals surface area contributed by atoms with E-state index in [4.69, 9.17) is 0 Å². The lowest BCUT2D eigenvalue weighted by atomic mass is 10.2. The molecule has 0 bridgehead atoms. The third kappa shape index (κ3) is 2.43. The Labute approximate surface area is 105 Å². The highest BCUT2D eigenvalue weighted by Crippen LogP contribution is 2.26. The number of aromatic hydroxyl groups is 1. The van der Waals surface area contributed by atoms with Crippen LogP contribution in [0.4, 0.5) is 10.1 Å². The fourth-order valence-corrected chi connectivity index (χ4v) is 1.87. The van der Waals surface area contributed by atoms with Crippen LogP contribution in [-0.4, -0.2) is 20.9 Å². The first-order chi connectivity index (χ1) is 8.58. The quantitative estimate of drug-likeness (QED) is 0.652. The molecule has 0 saturated carbocycles. The Morgan fingerprint density at radius 1 is 1.44 bits per heavy atom. The van der Waals surface area contributed by atoms with Crippen LogP contribution in [0.1, 0.15) is 10.4 Å². The van der Waals surface area contributed by atoms with E-state index in [2.05, 4.69) is 10.3 Å². The molecule has 0 radical (unpaired) electrons. The summed E-state index contributed by atoms with van der Waals surface area (Å²) in [5.41, 5.74) is 0.0790. The highest BCUT2D eigenvalue weighted by molar-refractivity contribution is 7.18. The van der Waals surface area contributed by atoms with Gasteiger partial charge in [0.25, 0.3) is 5.91 Å². The molecular weight excluding hydrogens is 258 g/mol. The molecule has 0 aliphatic heterocycles. The number of thiazole rings is 1. The molecule has 2 aromatic rings. The van der Waals surface area contributed by atoms with E-state index in [-0.39, 0.29) is 21.4 Å². The Kier molecular flexibility index (Phi) is 3.20. The van der Waals surface area contributed by atoms with Crippen LogP contribution in [0, 0.1) is 10.1 Å². The number of rotatable bonds is 3. The predicted molar refractivity (Wildman–Crippen MR) is 64.8 cm³/mol. The van der Waals surface area contributed by atoms with Gasteiger partial charge in [-0.2, -0.15) is 0 Å². The molecule has 2 rings (SSSR count). The maximum Gasteiger partial charge on any atom is 0.345 e. The summed E-state index contributed by atoms with van der Waals surface area (Å²) in [5, 5.41) is 22.2. The third-order valence-corrected chi connectivity index (χ3v) is 2.91. The minimum atomic E-state index is -0.590. The van der Waals surface area contributed by atoms with E-state index in [1.165, 1.54) is 12.1 Å². The number of benzene rings is 1. The minimum absolute atomic E-state index is 0.0790. The molecule has 18 heavy (non-hydrogen) atoms. The maximum atomic E-state index is 11.7. The molecular formula is C10H7N3O4S. The van der Waals surface area contributed by atoms with Gasteiger partial charge in [-0.3, -0.25) is 20.2 Å². The van der Waals surface area contributed by atoms with Crippen molar-refractivity contribution in [3.8, 4) is 5.75 Å². The van der Waals surface area contributed by atoms with Crippen molar-refractivity contribution in [1.82, 2.24) is 4.98 Å². The van der Waals surface area contributed by atoms with Crippen LogP contribution < -0.4 is 5.32 Å². The summed E-state index contributed by atoms with van der Waals surface area (Å²) < 4.78 is 0. The van der Waals surface area contributed by atoms with Crippen molar-refractivity contribution in [2.45, 2.75) is 0 Å². The van der Waals surface area contributed by atoms with Crippen molar-refractivity contribution in [3.63, 3.8) is 0 Å². The molecule has 0 aliphatic rings. The van der Waals surface area contributed by atoms with Gasteiger partial charge in [0.1, 0.15) is 11.9 Å². The van der Waals surface area contributed by atoms with E-state index in [1.54, 1.807) is 12.1 Å². The van der Waals surface area contributed by atoms with E-state index in [0.717, 1.165) is 17.5 Å². The zero-order valence-electron chi connectivity index (χ0n) is 8.86. The number of carbonyl (C=O) groups is 1. The molecule has 0 aliphatic carbocycles. The Bertz CT molecular complexity index is 611. The van der Waals surface area contributed by atoms with Crippen molar-refractivity contribution in [2.75, 3.05) is 5.32 Å². The summed E-state index contributed by atoms with van der Waals surface area (Å²) >= 11 is 0.746. The number of amides is 1. The fourth-order valence-electron chi connectivity index (χ4n) is 1.24. The van der Waals surface area contributed by atoms with E-state index in [9.17, 15) is 20.0 Å². The Morgan fingerprint density at radius 2 is 2.17 bits per heavy atom. The highest BCUT2D eigenvalue weighted by atomic mass is 32.1. The molecule has 0 fully saturated rings. The van der Waals surface area contributed by atoms with E-state index in [0.29, 0.717) is 0 Å². The molecule has 0 saturated heterocycles. The normalized spacial score (nSPS) is 10.0. The zero-order valence-corrected chi connectivity index (χ0v) is 9.68. The average molecular weight is 265 g/mol. The standard InChI is InChI=1S/C10H7N3O4S/c14-7-4-2-1-3-6(7)9(15)12-10-11-5-8(18-10)13(16)17/h1-5,14H,(H,11,12,15). The SMILES string of the molecule is O=C(Nc1ncc([N+](=O)[O-])s1)c1ccccc1O. The van der Waals surface area contributed by atoms with E-state index in [1.807, 2.05) is 0 Å². The van der Waals surface area contributed by atoms with Gasteiger partial charge in [0.2, 0.25) is 0 Å². The predicted octanol–water partition coefficient (Wildman–Crippen LogP) is 2.01. The summed E-state index contributed by atoms with van der Waals surface area (Å²) in [7, 11) is 0. The molecule has 0 atom stereocenters. The van der Waals surface area contributed by atoms with Gasteiger partial charge in [-0.25, -0.2) is 4.98 Å². The van der Waals surface area contributed by atoms with Crippen LogP contribution in [0.3, 0.4) is 0 Å². The van der Waals surface area contributed by atoms with Gasteiger partial charge in [0.05, 0.1) is 10.5 Å². The second kappa shape index (κ2) is 4.80. The molecule has 8 heteroatoms. The largest absolute Gasteiger partial charge is 0.507 e. The van der Waals surface area contributed by atoms with Crippen molar-refractivity contribution >= 4 is 27.4 Å². The molecule has 1 aromatic heterocycles. The lowest BCUT2D eigenvalue weighted by molar-refractivity contribution is -0.380. The molecule has 0 unspecified atom stereocenters. The van der Waals surface area contributed by atoms with Gasteiger partial charge in [-0.1, -0.05) is 12.1 Å². The van der Waals surface area contributed by atoms with Crippen molar-refractivity contribution in [1.29, 1.82) is 0 Å². The van der Waals surface area contributed by atoms with Crippen LogP contribution in [0.5, 0.6) is 5.75 Å². The second-order valence-corrected chi connectivity index (χ2v) is 4.24. The number of nitrogens with one attached hydrogen (secondary N) is 1. The number of para-hydroxylation sites is 1. The van der Waals surface area contributed by atoms with Crippen LogP contribution in [0.2, 0.25) is 0 Å². The molecule has 92 valence electrons. The highest BCUT2D eigenvalue weighted by Gasteiger charge is 2.15. The number of aromatic nitrogens is 1. The first-order valence-electron chi connectivity index (χ1n) is 4.77. The van der Waals surface area contributed by atoms with Gasteiger partial charge >= 0.3 is 5.00 Å². The Morgan fingerprint density at radius 3 is 2.78 bits per heavy atom. The monoisotopic (exact) mass is 265 g/mol. The Balaban J connectivity index is 2.16. The lowest BCUT2D eigenvalue weighted by Gasteiger charge is -2.02. The number of phenolic OH excluding ortho intramolecular Hbond substituents is 1. The third-order valence-electron chi connectivity index (χ3n) is 2.04. The number of carbonyl (C=O) groups excluding carboxylic acids is 1. The summed E-state index contributed by atoms with van der Waals surface area (Å²) in [6, 6.07) is 5.99. The molecule has 1 aromatic carbocycles. The number of nitrogens with zero attached hydrogens (tertiary/aromatic N) is 2. The number of anilines is 1. The molecule has 7 nitrogen and oxygen atoms in total. The average Bonchev–Trinajstić information content (AvgIpc) is 2.78. The molecule has 1 heterocycles. The number of hydrogen-bond acceptors (Lipinski definition) is 6.